The number of hydrogen-bond donors (Lipinski definition) is 1. The van der Waals surface area contributed by atoms with Crippen LogP contribution in [0.25, 0.3) is 0 Å². The summed E-state index contributed by atoms with van der Waals surface area (Å²) in [7, 11) is 0. The van der Waals surface area contributed by atoms with E-state index in [2.05, 4.69) is 31.9 Å². The summed E-state index contributed by atoms with van der Waals surface area (Å²) in [6.07, 6.45) is -13.8. The Labute approximate surface area is 312 Å². The molecule has 0 radical (unpaired) electrons. The van der Waals surface area contributed by atoms with Crippen LogP contribution in [0.2, 0.25) is 10.0 Å². The minimum absolute atomic E-state index is 0.125. The summed E-state index contributed by atoms with van der Waals surface area (Å²) in [5, 5.41) is 31.3. The summed E-state index contributed by atoms with van der Waals surface area (Å²) in [5.41, 5.74) is -0.188. The highest BCUT2D eigenvalue weighted by Gasteiger charge is 2.31. The Kier molecular flexibility index (Phi) is 17.1. The lowest BCUT2D eigenvalue weighted by Gasteiger charge is -2.21. The molecule has 0 aromatic heterocycles. The molecule has 0 aliphatic rings. The van der Waals surface area contributed by atoms with Crippen LogP contribution in [0.4, 0.5) is 42.1 Å². The standard InChI is InChI=1S/C16H12BrClF3NO3.C10H10ClF3O.C6H3BrFNO2/c17-10-5-6-15(13(9-10)22(23)24)25-14(7-8-16(19,20)21)11-3-1-2-4-12(11)18;11-8-4-2-1-3-7(8)9(15)5-6-10(12,13)14;7-4-1-2-5(8)6(3-4)9(10)11/h1-6,9,14H,7-8H2;1-4,9,15H,5-6H2;1-3H. The second-order valence-electron chi connectivity index (χ2n) is 10.2. The van der Waals surface area contributed by atoms with Crippen LogP contribution >= 0.6 is 55.1 Å². The molecule has 0 fully saturated rings. The van der Waals surface area contributed by atoms with Crippen LogP contribution in [-0.2, 0) is 0 Å². The van der Waals surface area contributed by atoms with Gasteiger partial charge in [0, 0.05) is 49.5 Å². The Morgan fingerprint density at radius 3 is 1.63 bits per heavy atom. The van der Waals surface area contributed by atoms with E-state index in [-0.39, 0.29) is 27.9 Å². The monoisotopic (exact) mass is 894 g/mol. The van der Waals surface area contributed by atoms with Gasteiger partial charge in [0.2, 0.25) is 5.82 Å². The van der Waals surface area contributed by atoms with Crippen molar-refractivity contribution in [2.75, 3.05) is 0 Å². The lowest BCUT2D eigenvalue weighted by molar-refractivity contribution is -0.387. The van der Waals surface area contributed by atoms with Gasteiger partial charge in [0.05, 0.1) is 16.0 Å². The molecule has 0 bridgehead atoms. The number of benzene rings is 4. The molecule has 0 aliphatic heterocycles. The Morgan fingerprint density at radius 2 is 1.16 bits per heavy atom. The zero-order chi connectivity index (χ0) is 38.5. The van der Waals surface area contributed by atoms with E-state index >= 15 is 0 Å². The van der Waals surface area contributed by atoms with Crippen molar-refractivity contribution >= 4 is 66.4 Å². The molecule has 2 unspecified atom stereocenters. The van der Waals surface area contributed by atoms with Crippen molar-refractivity contribution in [3.05, 3.63) is 141 Å². The Hall–Kier alpha value is -3.51. The first kappa shape index (κ1) is 43.7. The molecule has 0 aliphatic carbocycles. The van der Waals surface area contributed by atoms with Gasteiger partial charge in [-0.05, 0) is 54.8 Å². The minimum atomic E-state index is -4.38. The number of hydrogen-bond acceptors (Lipinski definition) is 6. The van der Waals surface area contributed by atoms with Crippen molar-refractivity contribution in [1.29, 1.82) is 0 Å². The first-order valence-electron chi connectivity index (χ1n) is 14.2. The molecule has 0 saturated carbocycles. The van der Waals surface area contributed by atoms with E-state index in [1.165, 1.54) is 48.5 Å². The maximum atomic E-state index is 12.6. The Bertz CT molecular complexity index is 1790. The van der Waals surface area contributed by atoms with E-state index in [0.29, 0.717) is 20.1 Å². The van der Waals surface area contributed by atoms with E-state index in [1.807, 2.05) is 0 Å². The van der Waals surface area contributed by atoms with Gasteiger partial charge in [-0.15, -0.1) is 0 Å². The van der Waals surface area contributed by atoms with Crippen LogP contribution in [0.15, 0.2) is 93.9 Å². The molecule has 0 saturated heterocycles. The molecule has 0 heterocycles. The first-order chi connectivity index (χ1) is 23.7. The van der Waals surface area contributed by atoms with Gasteiger partial charge in [-0.1, -0.05) is 91.5 Å². The molecule has 4 aromatic carbocycles. The lowest BCUT2D eigenvalue weighted by Crippen LogP contribution is -2.15. The fourth-order valence-corrected chi connectivity index (χ4v) is 5.24. The highest BCUT2D eigenvalue weighted by molar-refractivity contribution is 9.10. The van der Waals surface area contributed by atoms with Gasteiger partial charge < -0.3 is 9.84 Å². The number of nitro groups is 2. The van der Waals surface area contributed by atoms with E-state index in [0.717, 1.165) is 12.1 Å². The largest absolute Gasteiger partial charge is 0.479 e. The number of ether oxygens (including phenoxy) is 1. The number of aliphatic hydroxyl groups is 1. The van der Waals surface area contributed by atoms with E-state index in [4.69, 9.17) is 27.9 Å². The number of halogens is 11. The summed E-state index contributed by atoms with van der Waals surface area (Å²) in [4.78, 5) is 19.9. The van der Waals surface area contributed by atoms with Gasteiger partial charge in [0.25, 0.3) is 0 Å². The molecule has 4 aromatic rings. The second-order valence-corrected chi connectivity index (χ2v) is 12.8. The maximum Gasteiger partial charge on any atom is 0.389 e. The summed E-state index contributed by atoms with van der Waals surface area (Å²) in [6, 6.07) is 20.3. The summed E-state index contributed by atoms with van der Waals surface area (Å²) >= 11 is 17.9. The van der Waals surface area contributed by atoms with Gasteiger partial charge in [0.15, 0.2) is 5.75 Å². The molecule has 19 heteroatoms. The highest BCUT2D eigenvalue weighted by Crippen LogP contribution is 2.38. The molecular weight excluding hydrogens is 872 g/mol. The molecule has 2 atom stereocenters. The van der Waals surface area contributed by atoms with Gasteiger partial charge in [-0.25, -0.2) is 0 Å². The lowest BCUT2D eigenvalue weighted by atomic mass is 10.0. The third kappa shape index (κ3) is 15.7. The van der Waals surface area contributed by atoms with Crippen molar-refractivity contribution in [3.63, 3.8) is 0 Å². The van der Waals surface area contributed by atoms with Crippen molar-refractivity contribution in [2.45, 2.75) is 50.2 Å². The first-order valence-corrected chi connectivity index (χ1v) is 16.5. The predicted octanol–water partition coefficient (Wildman–Crippen LogP) is 12.7. The van der Waals surface area contributed by atoms with Gasteiger partial charge in [-0.2, -0.15) is 30.7 Å². The fourth-order valence-electron chi connectivity index (χ4n) is 4.02. The summed E-state index contributed by atoms with van der Waals surface area (Å²) in [5.74, 6) is -0.946. The summed E-state index contributed by atoms with van der Waals surface area (Å²) in [6.45, 7) is 0. The van der Waals surface area contributed by atoms with Crippen molar-refractivity contribution in [1.82, 2.24) is 0 Å². The van der Waals surface area contributed by atoms with Crippen molar-refractivity contribution < 1.29 is 50.4 Å². The maximum absolute atomic E-state index is 12.6. The zero-order valence-corrected chi connectivity index (χ0v) is 30.3. The number of nitro benzene ring substituents is 2. The van der Waals surface area contributed by atoms with Crippen LogP contribution in [0.5, 0.6) is 5.75 Å². The Morgan fingerprint density at radius 1 is 0.706 bits per heavy atom. The fraction of sp³-hybridized carbons (Fsp3) is 0.250. The molecule has 276 valence electrons. The van der Waals surface area contributed by atoms with Gasteiger partial charge in [-0.3, -0.25) is 20.2 Å². The van der Waals surface area contributed by atoms with Gasteiger partial charge >= 0.3 is 23.7 Å². The third-order valence-electron chi connectivity index (χ3n) is 6.40. The van der Waals surface area contributed by atoms with Crippen LogP contribution in [0.3, 0.4) is 0 Å². The molecule has 51 heavy (non-hydrogen) atoms. The van der Waals surface area contributed by atoms with Crippen LogP contribution < -0.4 is 4.74 Å². The number of nitrogens with zero attached hydrogens (tertiary/aromatic N) is 2. The molecule has 0 spiro atoms. The Balaban J connectivity index is 0.000000293. The summed E-state index contributed by atoms with van der Waals surface area (Å²) < 4.78 is 92.6. The number of rotatable bonds is 10. The van der Waals surface area contributed by atoms with E-state index in [1.54, 1.807) is 24.3 Å². The normalized spacial score (nSPS) is 12.4. The van der Waals surface area contributed by atoms with Crippen molar-refractivity contribution in [2.24, 2.45) is 0 Å². The van der Waals surface area contributed by atoms with Crippen LogP contribution in [-0.4, -0.2) is 27.3 Å². The smallest absolute Gasteiger partial charge is 0.389 e. The van der Waals surface area contributed by atoms with Crippen molar-refractivity contribution in [3.8, 4) is 5.75 Å². The predicted molar refractivity (Wildman–Crippen MR) is 183 cm³/mol. The van der Waals surface area contributed by atoms with Crippen LogP contribution in [0, 0.1) is 26.0 Å². The average molecular weight is 897 g/mol. The van der Waals surface area contributed by atoms with E-state index in [9.17, 15) is 56.1 Å². The third-order valence-corrected chi connectivity index (χ3v) is 8.07. The highest BCUT2D eigenvalue weighted by atomic mass is 79.9. The molecule has 4 rings (SSSR count). The average Bonchev–Trinajstić information content (AvgIpc) is 3.04. The SMILES string of the molecule is O=[N+]([O-])c1cc(Br)ccc1F.O=[N+]([O-])c1cc(Br)ccc1OC(CCC(F)(F)F)c1ccccc1Cl.OC(CCC(F)(F)F)c1ccccc1Cl. The zero-order valence-electron chi connectivity index (χ0n) is 25.6. The number of aliphatic hydroxyl groups excluding tert-OH is 1. The molecule has 0 amide bonds. The minimum Gasteiger partial charge on any atom is -0.479 e. The number of alkyl halides is 6. The second kappa shape index (κ2) is 19.9. The van der Waals surface area contributed by atoms with E-state index < -0.39 is 65.2 Å². The quantitative estimate of drug-likeness (QED) is 0.0963. The van der Waals surface area contributed by atoms with Gasteiger partial charge in [0.1, 0.15) is 6.10 Å². The molecule has 8 nitrogen and oxygen atoms in total. The topological polar surface area (TPSA) is 116 Å². The molecule has 1 N–H and O–H groups in total. The van der Waals surface area contributed by atoms with Crippen LogP contribution in [0.1, 0.15) is 49.0 Å². The molecular formula is C32H25Br2Cl2F7N2O6.